The third-order valence-corrected chi connectivity index (χ3v) is 1.06. The van der Waals surface area contributed by atoms with Crippen LogP contribution in [0.1, 0.15) is 6.92 Å². The van der Waals surface area contributed by atoms with Gasteiger partial charge in [-0.1, -0.05) is 0 Å². The Hall–Kier alpha value is -0.420. The van der Waals surface area contributed by atoms with Gasteiger partial charge in [0.15, 0.2) is 10.1 Å². The molecule has 0 aliphatic carbocycles. The number of hydrogen-bond donors (Lipinski definition) is 0. The van der Waals surface area contributed by atoms with Gasteiger partial charge in [0.1, 0.15) is 0 Å². The summed E-state index contributed by atoms with van der Waals surface area (Å²) < 4.78 is 28.3. The molecular formula is C2H3O4S-. The zero-order valence-electron chi connectivity index (χ0n) is 3.54. The highest BCUT2D eigenvalue weighted by Crippen LogP contribution is 1.78. The van der Waals surface area contributed by atoms with Gasteiger partial charge in [-0.05, 0) is 0 Å². The van der Waals surface area contributed by atoms with Crippen molar-refractivity contribution in [1.82, 2.24) is 0 Å². The molecule has 0 atom stereocenters. The third kappa shape index (κ3) is 2.30. The highest BCUT2D eigenvalue weighted by atomic mass is 32.2. The summed E-state index contributed by atoms with van der Waals surface area (Å²) in [7, 11) is -4.63. The standard InChI is InChI=1S/C2H4O4S/c1-2(3)7(4,5)6/h1H3,(H,4,5,6)/p-1. The van der Waals surface area contributed by atoms with Crippen LogP contribution in [0.2, 0.25) is 0 Å². The molecule has 0 amide bonds. The van der Waals surface area contributed by atoms with Gasteiger partial charge < -0.3 is 4.55 Å². The minimum absolute atomic E-state index is 0.711. The predicted octanol–water partition coefficient (Wildman–Crippen LogP) is -0.922. The van der Waals surface area contributed by atoms with Crippen LogP contribution in [0.4, 0.5) is 0 Å². The van der Waals surface area contributed by atoms with E-state index >= 15 is 0 Å². The van der Waals surface area contributed by atoms with Gasteiger partial charge >= 0.3 is 0 Å². The molecule has 0 aromatic heterocycles. The molecule has 0 aromatic carbocycles. The maximum absolute atomic E-state index is 9.56. The average molecular weight is 123 g/mol. The SMILES string of the molecule is CC(=O)S(=O)(=O)[O-]. The summed E-state index contributed by atoms with van der Waals surface area (Å²) in [6.07, 6.45) is 0. The molecule has 42 valence electrons. The second-order valence-corrected chi connectivity index (χ2v) is 2.43. The summed E-state index contributed by atoms with van der Waals surface area (Å²) in [5.74, 6) is 0. The van der Waals surface area contributed by atoms with E-state index < -0.39 is 15.2 Å². The van der Waals surface area contributed by atoms with Crippen LogP contribution in [0.25, 0.3) is 0 Å². The number of carbonyl (C=O) groups is 1. The van der Waals surface area contributed by atoms with Crippen LogP contribution in [0.3, 0.4) is 0 Å². The minimum atomic E-state index is -4.63. The molecule has 0 rings (SSSR count). The molecule has 0 aliphatic rings. The smallest absolute Gasteiger partial charge is 0.231 e. The Kier molecular flexibility index (Phi) is 1.49. The van der Waals surface area contributed by atoms with Crippen molar-refractivity contribution in [3.8, 4) is 0 Å². The van der Waals surface area contributed by atoms with Crippen molar-refractivity contribution in [2.24, 2.45) is 0 Å². The van der Waals surface area contributed by atoms with Crippen molar-refractivity contribution >= 4 is 15.2 Å². The summed E-state index contributed by atoms with van der Waals surface area (Å²) in [6.45, 7) is 0.711. The van der Waals surface area contributed by atoms with Crippen molar-refractivity contribution in [2.75, 3.05) is 0 Å². The Morgan fingerprint density at radius 3 is 1.71 bits per heavy atom. The Bertz CT molecular complexity index is 164. The van der Waals surface area contributed by atoms with E-state index in [1.807, 2.05) is 0 Å². The molecule has 0 saturated heterocycles. The lowest BCUT2D eigenvalue weighted by molar-refractivity contribution is -0.110. The summed E-state index contributed by atoms with van der Waals surface area (Å²) in [5, 5.41) is -1.34. The van der Waals surface area contributed by atoms with Gasteiger partial charge in [0.2, 0.25) is 5.12 Å². The fourth-order valence-corrected chi connectivity index (χ4v) is 0. The first-order valence-electron chi connectivity index (χ1n) is 1.41. The summed E-state index contributed by atoms with van der Waals surface area (Å²) >= 11 is 0. The number of hydrogen-bond acceptors (Lipinski definition) is 4. The zero-order chi connectivity index (χ0) is 6.08. The van der Waals surface area contributed by atoms with Gasteiger partial charge in [0.25, 0.3) is 0 Å². The van der Waals surface area contributed by atoms with Crippen LogP contribution in [-0.2, 0) is 14.9 Å². The van der Waals surface area contributed by atoms with E-state index in [9.17, 15) is 17.8 Å². The maximum Gasteiger partial charge on any atom is 0.231 e. The van der Waals surface area contributed by atoms with E-state index in [4.69, 9.17) is 0 Å². The zero-order valence-corrected chi connectivity index (χ0v) is 4.36. The predicted molar refractivity (Wildman–Crippen MR) is 20.4 cm³/mol. The molecule has 7 heavy (non-hydrogen) atoms. The molecule has 5 heteroatoms. The molecule has 0 heterocycles. The van der Waals surface area contributed by atoms with Crippen molar-refractivity contribution in [3.05, 3.63) is 0 Å². The molecule has 0 spiro atoms. The summed E-state index contributed by atoms with van der Waals surface area (Å²) in [6, 6.07) is 0. The van der Waals surface area contributed by atoms with Crippen LogP contribution >= 0.6 is 0 Å². The first kappa shape index (κ1) is 6.58. The lowest BCUT2D eigenvalue weighted by Gasteiger charge is -1.96. The lowest BCUT2D eigenvalue weighted by atomic mass is 10.9. The van der Waals surface area contributed by atoms with E-state index in [1.54, 1.807) is 0 Å². The fourth-order valence-electron chi connectivity index (χ4n) is 0. The van der Waals surface area contributed by atoms with Crippen molar-refractivity contribution in [2.45, 2.75) is 6.92 Å². The fraction of sp³-hybridized carbons (Fsp3) is 0.500. The van der Waals surface area contributed by atoms with Crippen molar-refractivity contribution in [1.29, 1.82) is 0 Å². The quantitative estimate of drug-likeness (QED) is 0.390. The van der Waals surface area contributed by atoms with Crippen molar-refractivity contribution < 1.29 is 17.8 Å². The largest absolute Gasteiger partial charge is 0.742 e. The molecule has 0 aliphatic heterocycles. The van der Waals surface area contributed by atoms with Crippen LogP contribution in [0, 0.1) is 0 Å². The van der Waals surface area contributed by atoms with E-state index in [2.05, 4.69) is 0 Å². The Balaban J connectivity index is 4.43. The minimum Gasteiger partial charge on any atom is -0.742 e. The van der Waals surface area contributed by atoms with Crippen LogP contribution in [0.5, 0.6) is 0 Å². The maximum atomic E-state index is 9.56. The van der Waals surface area contributed by atoms with Gasteiger partial charge in [-0.15, -0.1) is 0 Å². The molecule has 0 bridgehead atoms. The van der Waals surface area contributed by atoms with E-state index in [1.165, 1.54) is 0 Å². The van der Waals surface area contributed by atoms with E-state index in [0.717, 1.165) is 0 Å². The lowest BCUT2D eigenvalue weighted by Crippen LogP contribution is -2.07. The molecule has 0 saturated carbocycles. The number of rotatable bonds is 0. The van der Waals surface area contributed by atoms with Crippen LogP contribution in [-0.4, -0.2) is 18.1 Å². The highest BCUT2D eigenvalue weighted by molar-refractivity contribution is 8.01. The van der Waals surface area contributed by atoms with E-state index in [0.29, 0.717) is 6.92 Å². The molecular weight excluding hydrogens is 120 g/mol. The molecule has 0 fully saturated rings. The highest BCUT2D eigenvalue weighted by Gasteiger charge is 1.97. The molecule has 0 unspecified atom stereocenters. The Morgan fingerprint density at radius 1 is 1.57 bits per heavy atom. The first-order valence-corrected chi connectivity index (χ1v) is 2.82. The average Bonchev–Trinajstić information content (AvgIpc) is 1.31. The van der Waals surface area contributed by atoms with Crippen LogP contribution in [0.15, 0.2) is 0 Å². The number of carbonyl (C=O) groups excluding carboxylic acids is 1. The van der Waals surface area contributed by atoms with Gasteiger partial charge in [-0.3, -0.25) is 4.79 Å². The van der Waals surface area contributed by atoms with Gasteiger partial charge in [-0.25, -0.2) is 8.42 Å². The Morgan fingerprint density at radius 2 is 1.71 bits per heavy atom. The van der Waals surface area contributed by atoms with Crippen LogP contribution < -0.4 is 0 Å². The summed E-state index contributed by atoms with van der Waals surface area (Å²) in [4.78, 5) is 9.56. The van der Waals surface area contributed by atoms with Crippen molar-refractivity contribution in [3.63, 3.8) is 0 Å². The molecule has 0 aromatic rings. The third-order valence-electron chi connectivity index (χ3n) is 0.352. The molecule has 4 nitrogen and oxygen atoms in total. The second-order valence-electron chi connectivity index (χ2n) is 0.946. The van der Waals surface area contributed by atoms with Gasteiger partial charge in [0, 0.05) is 6.92 Å². The van der Waals surface area contributed by atoms with Gasteiger partial charge in [0.05, 0.1) is 0 Å². The normalized spacial score (nSPS) is 11.1. The first-order chi connectivity index (χ1) is 2.94. The molecule has 0 radical (unpaired) electrons. The van der Waals surface area contributed by atoms with E-state index in [-0.39, 0.29) is 0 Å². The Labute approximate surface area is 40.9 Å². The second kappa shape index (κ2) is 1.59. The summed E-state index contributed by atoms with van der Waals surface area (Å²) in [5.41, 5.74) is 0. The monoisotopic (exact) mass is 123 g/mol. The van der Waals surface area contributed by atoms with Gasteiger partial charge in [-0.2, -0.15) is 0 Å². The topological polar surface area (TPSA) is 74.3 Å². The molecule has 0 N–H and O–H groups in total.